The number of hydrogen-bond donors (Lipinski definition) is 1. The normalized spacial score (nSPS) is 13.1. The van der Waals surface area contributed by atoms with Crippen LogP contribution in [0.3, 0.4) is 0 Å². The molecule has 0 bridgehead atoms. The molecule has 1 N–H and O–H groups in total. The molecule has 0 aliphatic carbocycles. The van der Waals surface area contributed by atoms with Gasteiger partial charge in [-0.2, -0.15) is 0 Å². The van der Waals surface area contributed by atoms with E-state index in [1.54, 1.807) is 0 Å². The summed E-state index contributed by atoms with van der Waals surface area (Å²) in [6.07, 6.45) is 22.9. The van der Waals surface area contributed by atoms with E-state index in [0.29, 0.717) is 25.7 Å². The number of hydrogen-bond acceptors (Lipinski definition) is 6. The summed E-state index contributed by atoms with van der Waals surface area (Å²) in [5.41, 5.74) is 0. The van der Waals surface area contributed by atoms with Crippen LogP contribution in [-0.4, -0.2) is 80.6 Å². The molecule has 0 rings (SSSR count). The maximum absolute atomic E-state index is 12.4. The zero-order valence-corrected chi connectivity index (χ0v) is 28.0. The highest BCUT2D eigenvalue weighted by atomic mass is 16.6. The first kappa shape index (κ1) is 40.3. The molecule has 8 heteroatoms. The molecular weight excluding hydrogens is 534 g/mol. The standard InChI is InChI=1S/C34H65NO7/c1-6-8-9-10-11-12-13-14-15-16-17-18-19-20-21-22-23-25-33(37)42-30(29-41-32(36)24-7-2)28-40-27-26-31(34(38)39)35(3,4)5/h30-31H,6-29H2,1-5H3/p+1. The summed E-state index contributed by atoms with van der Waals surface area (Å²) >= 11 is 0. The Morgan fingerprint density at radius 3 is 1.52 bits per heavy atom. The Bertz CT molecular complexity index is 677. The molecule has 0 aliphatic heterocycles. The largest absolute Gasteiger partial charge is 0.477 e. The molecule has 0 amide bonds. The lowest BCUT2D eigenvalue weighted by atomic mass is 10.0. The molecule has 0 spiro atoms. The molecule has 0 aromatic rings. The van der Waals surface area contributed by atoms with Crippen LogP contribution in [0.4, 0.5) is 0 Å². The number of carbonyl (C=O) groups is 3. The van der Waals surface area contributed by atoms with E-state index in [-0.39, 0.29) is 36.2 Å². The molecule has 0 heterocycles. The van der Waals surface area contributed by atoms with Crippen molar-refractivity contribution in [2.24, 2.45) is 0 Å². The van der Waals surface area contributed by atoms with Crippen LogP contribution in [-0.2, 0) is 28.6 Å². The minimum Gasteiger partial charge on any atom is -0.477 e. The van der Waals surface area contributed by atoms with Crippen molar-refractivity contribution in [3.8, 4) is 0 Å². The SMILES string of the molecule is CCCCCCCCCCCCCCCCCCCC(=O)OC(COCCC(C(=O)O)[N+](C)(C)C)COC(=O)CCC. The molecule has 0 saturated heterocycles. The summed E-state index contributed by atoms with van der Waals surface area (Å²) in [5.74, 6) is -1.52. The molecule has 8 nitrogen and oxygen atoms in total. The number of quaternary nitrogens is 1. The predicted molar refractivity (Wildman–Crippen MR) is 169 cm³/mol. The second-order valence-electron chi connectivity index (χ2n) is 12.8. The number of carboxylic acid groups (broad SMARTS) is 1. The number of carbonyl (C=O) groups excluding carboxylic acids is 2. The van der Waals surface area contributed by atoms with Gasteiger partial charge in [0.1, 0.15) is 6.61 Å². The highest BCUT2D eigenvalue weighted by Crippen LogP contribution is 2.15. The number of likely N-dealkylation sites (N-methyl/N-ethyl adjacent to an activating group) is 1. The number of ether oxygens (including phenoxy) is 3. The monoisotopic (exact) mass is 600 g/mol. The topological polar surface area (TPSA) is 99.1 Å². The number of aliphatic carboxylic acids is 1. The van der Waals surface area contributed by atoms with Crippen LogP contribution in [0.2, 0.25) is 0 Å². The van der Waals surface area contributed by atoms with Crippen LogP contribution in [0.25, 0.3) is 0 Å². The van der Waals surface area contributed by atoms with Gasteiger partial charge in [0, 0.05) is 19.3 Å². The lowest BCUT2D eigenvalue weighted by Gasteiger charge is -2.31. The molecule has 0 fully saturated rings. The van der Waals surface area contributed by atoms with Crippen molar-refractivity contribution in [1.29, 1.82) is 0 Å². The molecule has 0 saturated carbocycles. The van der Waals surface area contributed by atoms with Crippen LogP contribution in [0.1, 0.15) is 149 Å². The third kappa shape index (κ3) is 24.9. The summed E-state index contributed by atoms with van der Waals surface area (Å²) in [7, 11) is 5.49. The third-order valence-corrected chi connectivity index (χ3v) is 7.73. The van der Waals surface area contributed by atoms with Gasteiger partial charge < -0.3 is 23.8 Å². The van der Waals surface area contributed by atoms with E-state index in [9.17, 15) is 19.5 Å². The van der Waals surface area contributed by atoms with Gasteiger partial charge in [0.25, 0.3) is 0 Å². The maximum atomic E-state index is 12.4. The second-order valence-corrected chi connectivity index (χ2v) is 12.8. The first-order valence-corrected chi connectivity index (χ1v) is 17.1. The zero-order chi connectivity index (χ0) is 31.5. The minimum atomic E-state index is -0.878. The maximum Gasteiger partial charge on any atom is 0.362 e. The van der Waals surface area contributed by atoms with Crippen LogP contribution >= 0.6 is 0 Å². The molecular formula is C34H66NO7+. The van der Waals surface area contributed by atoms with E-state index < -0.39 is 18.1 Å². The lowest BCUT2D eigenvalue weighted by Crippen LogP contribution is -2.50. The average molecular weight is 601 g/mol. The van der Waals surface area contributed by atoms with E-state index >= 15 is 0 Å². The van der Waals surface area contributed by atoms with Gasteiger partial charge in [-0.05, 0) is 12.8 Å². The molecule has 2 unspecified atom stereocenters. The van der Waals surface area contributed by atoms with Crippen molar-refractivity contribution in [1.82, 2.24) is 0 Å². The summed E-state index contributed by atoms with van der Waals surface area (Å²) in [4.78, 5) is 35.8. The Hall–Kier alpha value is -1.67. The average Bonchev–Trinajstić information content (AvgIpc) is 2.92. The highest BCUT2D eigenvalue weighted by molar-refractivity contribution is 5.72. The van der Waals surface area contributed by atoms with Gasteiger partial charge >= 0.3 is 17.9 Å². The quantitative estimate of drug-likeness (QED) is 0.0509. The van der Waals surface area contributed by atoms with E-state index in [1.165, 1.54) is 89.9 Å². The molecule has 0 radical (unpaired) electrons. The summed E-state index contributed by atoms with van der Waals surface area (Å²) in [5, 5.41) is 9.48. The lowest BCUT2D eigenvalue weighted by molar-refractivity contribution is -0.887. The van der Waals surface area contributed by atoms with E-state index in [4.69, 9.17) is 14.2 Å². The molecule has 0 aromatic heterocycles. The van der Waals surface area contributed by atoms with Gasteiger partial charge in [-0.1, -0.05) is 117 Å². The van der Waals surface area contributed by atoms with E-state index in [2.05, 4.69) is 6.92 Å². The van der Waals surface area contributed by atoms with Crippen LogP contribution < -0.4 is 0 Å². The fourth-order valence-corrected chi connectivity index (χ4v) is 5.07. The van der Waals surface area contributed by atoms with E-state index in [0.717, 1.165) is 19.3 Å². The van der Waals surface area contributed by atoms with Gasteiger partial charge in [-0.25, -0.2) is 4.79 Å². The Labute approximate surface area is 257 Å². The number of esters is 2. The fraction of sp³-hybridized carbons (Fsp3) is 0.912. The molecule has 248 valence electrons. The Morgan fingerprint density at radius 2 is 1.10 bits per heavy atom. The smallest absolute Gasteiger partial charge is 0.362 e. The second kappa shape index (κ2) is 26.9. The van der Waals surface area contributed by atoms with Crippen LogP contribution in [0.5, 0.6) is 0 Å². The molecule has 0 aliphatic rings. The fourth-order valence-electron chi connectivity index (χ4n) is 5.07. The number of unbranched alkanes of at least 4 members (excludes halogenated alkanes) is 16. The highest BCUT2D eigenvalue weighted by Gasteiger charge is 2.31. The van der Waals surface area contributed by atoms with Gasteiger partial charge in [0.05, 0.1) is 34.4 Å². The van der Waals surface area contributed by atoms with Crippen molar-refractivity contribution in [3.05, 3.63) is 0 Å². The first-order chi connectivity index (χ1) is 20.1. The number of nitrogens with zero attached hydrogens (tertiary/aromatic N) is 1. The minimum absolute atomic E-state index is 0.0543. The van der Waals surface area contributed by atoms with Crippen LogP contribution in [0, 0.1) is 0 Å². The Balaban J connectivity index is 4.04. The van der Waals surface area contributed by atoms with Gasteiger partial charge in [0.15, 0.2) is 12.1 Å². The van der Waals surface area contributed by atoms with Crippen molar-refractivity contribution in [3.63, 3.8) is 0 Å². The van der Waals surface area contributed by atoms with E-state index in [1.807, 2.05) is 28.1 Å². The van der Waals surface area contributed by atoms with Gasteiger partial charge in [-0.3, -0.25) is 9.59 Å². The number of carboxylic acids is 1. The summed E-state index contributed by atoms with van der Waals surface area (Å²) in [6, 6.07) is -0.604. The van der Waals surface area contributed by atoms with Crippen molar-refractivity contribution in [2.45, 2.75) is 161 Å². The first-order valence-electron chi connectivity index (χ1n) is 17.1. The van der Waals surface area contributed by atoms with Crippen molar-refractivity contribution in [2.75, 3.05) is 41.0 Å². The zero-order valence-electron chi connectivity index (χ0n) is 28.0. The van der Waals surface area contributed by atoms with Gasteiger partial charge in [0.2, 0.25) is 0 Å². The summed E-state index contributed by atoms with van der Waals surface area (Å²) in [6.45, 7) is 4.38. The predicted octanol–water partition coefficient (Wildman–Crippen LogP) is 7.85. The number of rotatable bonds is 30. The van der Waals surface area contributed by atoms with Crippen molar-refractivity contribution >= 4 is 17.9 Å². The third-order valence-electron chi connectivity index (χ3n) is 7.73. The van der Waals surface area contributed by atoms with Crippen LogP contribution in [0.15, 0.2) is 0 Å². The molecule has 42 heavy (non-hydrogen) atoms. The van der Waals surface area contributed by atoms with Gasteiger partial charge in [-0.15, -0.1) is 0 Å². The summed E-state index contributed by atoms with van der Waals surface area (Å²) < 4.78 is 16.8. The molecule has 0 aromatic carbocycles. The Kier molecular flexibility index (Phi) is 25.8. The van der Waals surface area contributed by atoms with Crippen molar-refractivity contribution < 1.29 is 38.2 Å². The Morgan fingerprint density at radius 1 is 0.619 bits per heavy atom. The molecule has 2 atom stereocenters.